The summed E-state index contributed by atoms with van der Waals surface area (Å²) in [5.41, 5.74) is 0.166. The lowest BCUT2D eigenvalue weighted by Crippen LogP contribution is -2.47. The van der Waals surface area contributed by atoms with E-state index in [9.17, 15) is 9.65 Å². The third-order valence-corrected chi connectivity index (χ3v) is 4.99. The minimum atomic E-state index is -0.640. The quantitative estimate of drug-likeness (QED) is 0.727. The number of rotatable bonds is 1. The smallest absolute Gasteiger partial charge is 0.146 e. The topological polar surface area (TPSA) is 23.8 Å². The van der Waals surface area contributed by atoms with Crippen LogP contribution in [-0.2, 0) is 5.41 Å². The van der Waals surface area contributed by atoms with Gasteiger partial charge in [-0.3, -0.25) is 0 Å². The van der Waals surface area contributed by atoms with Crippen molar-refractivity contribution in [3.8, 4) is 6.07 Å². The molecule has 0 aliphatic heterocycles. The fraction of sp³-hybridized carbons (Fsp3) is 0.533. The molecule has 3 heteroatoms. The zero-order valence-electron chi connectivity index (χ0n) is 10.2. The van der Waals surface area contributed by atoms with Crippen molar-refractivity contribution in [2.24, 2.45) is 5.41 Å². The Morgan fingerprint density at radius 1 is 1.22 bits per heavy atom. The highest BCUT2D eigenvalue weighted by molar-refractivity contribution is 6.30. The van der Waals surface area contributed by atoms with Crippen LogP contribution in [0.25, 0.3) is 0 Å². The van der Waals surface area contributed by atoms with E-state index < -0.39 is 11.2 Å². The van der Waals surface area contributed by atoms with Gasteiger partial charge in [-0.15, -0.1) is 0 Å². The lowest BCUT2D eigenvalue weighted by atomic mass is 9.50. The molecule has 1 aromatic rings. The van der Waals surface area contributed by atoms with E-state index in [1.807, 2.05) is 0 Å². The summed E-state index contributed by atoms with van der Waals surface area (Å²) >= 11 is 5.82. The summed E-state index contributed by atoms with van der Waals surface area (Å²) in [7, 11) is 0. The molecule has 0 aromatic heterocycles. The molecule has 0 heterocycles. The number of halogens is 2. The van der Waals surface area contributed by atoms with Crippen LogP contribution in [0.2, 0.25) is 5.02 Å². The lowest BCUT2D eigenvalue weighted by molar-refractivity contribution is 0.0625. The van der Waals surface area contributed by atoms with Gasteiger partial charge in [-0.1, -0.05) is 36.6 Å². The Morgan fingerprint density at radius 3 is 2.50 bits per heavy atom. The van der Waals surface area contributed by atoms with Crippen molar-refractivity contribution in [2.45, 2.75) is 43.9 Å². The molecule has 0 radical (unpaired) electrons. The first-order chi connectivity index (χ1) is 8.61. The Labute approximate surface area is 112 Å². The fourth-order valence-electron chi connectivity index (χ4n) is 3.91. The monoisotopic (exact) mass is 263 g/mol. The van der Waals surface area contributed by atoms with Crippen LogP contribution in [0.15, 0.2) is 18.2 Å². The molecule has 0 amide bonds. The number of nitriles is 1. The molecule has 2 aliphatic rings. The van der Waals surface area contributed by atoms with Crippen molar-refractivity contribution >= 4 is 11.6 Å². The number of benzene rings is 1. The standard InChI is InChI=1S/C15H15ClFN/c16-12-5-3-4-11(13(12)17)15(10-18)8-14(9-15)6-1-2-7-14/h3-5H,1-2,6-9H2. The van der Waals surface area contributed by atoms with E-state index in [0.717, 1.165) is 12.8 Å². The highest BCUT2D eigenvalue weighted by Gasteiger charge is 2.57. The third-order valence-electron chi connectivity index (χ3n) is 4.70. The predicted octanol–water partition coefficient (Wildman–Crippen LogP) is 4.59. The van der Waals surface area contributed by atoms with Crippen LogP contribution in [-0.4, -0.2) is 0 Å². The summed E-state index contributed by atoms with van der Waals surface area (Å²) in [6.07, 6.45) is 6.48. The summed E-state index contributed by atoms with van der Waals surface area (Å²) in [5.74, 6) is -0.409. The van der Waals surface area contributed by atoms with Crippen molar-refractivity contribution in [2.75, 3.05) is 0 Å². The van der Waals surface area contributed by atoms with Crippen LogP contribution in [0.5, 0.6) is 0 Å². The van der Waals surface area contributed by atoms with Gasteiger partial charge >= 0.3 is 0 Å². The Hall–Kier alpha value is -1.07. The van der Waals surface area contributed by atoms with Gasteiger partial charge in [-0.05, 0) is 37.2 Å². The molecule has 0 unspecified atom stereocenters. The molecule has 2 saturated carbocycles. The molecule has 0 N–H and O–H groups in total. The van der Waals surface area contributed by atoms with E-state index in [2.05, 4.69) is 6.07 Å². The van der Waals surface area contributed by atoms with Crippen molar-refractivity contribution in [3.05, 3.63) is 34.6 Å². The molecule has 3 rings (SSSR count). The van der Waals surface area contributed by atoms with Crippen molar-refractivity contribution in [1.82, 2.24) is 0 Å². The second kappa shape index (κ2) is 3.96. The van der Waals surface area contributed by atoms with E-state index in [1.165, 1.54) is 31.7 Å². The van der Waals surface area contributed by atoms with Gasteiger partial charge in [0, 0.05) is 5.56 Å². The molecule has 1 spiro atoms. The van der Waals surface area contributed by atoms with Gasteiger partial charge in [0.2, 0.25) is 0 Å². The zero-order chi connectivity index (χ0) is 12.8. The van der Waals surface area contributed by atoms with E-state index in [0.29, 0.717) is 11.0 Å². The summed E-state index contributed by atoms with van der Waals surface area (Å²) < 4.78 is 14.1. The van der Waals surface area contributed by atoms with Gasteiger partial charge in [0.25, 0.3) is 0 Å². The molecule has 0 bridgehead atoms. The van der Waals surface area contributed by atoms with Crippen LogP contribution in [0.3, 0.4) is 0 Å². The largest absolute Gasteiger partial charge is 0.205 e. The van der Waals surface area contributed by atoms with Gasteiger partial charge in [0.15, 0.2) is 0 Å². The fourth-order valence-corrected chi connectivity index (χ4v) is 4.08. The minimum absolute atomic E-state index is 0.120. The molecule has 2 aliphatic carbocycles. The molecule has 1 nitrogen and oxygen atoms in total. The Morgan fingerprint density at radius 2 is 1.89 bits per heavy atom. The second-order valence-corrected chi connectivity index (χ2v) is 6.26. The first kappa shape index (κ1) is 12.0. The van der Waals surface area contributed by atoms with E-state index in [4.69, 9.17) is 11.6 Å². The maximum atomic E-state index is 14.1. The second-order valence-electron chi connectivity index (χ2n) is 5.86. The van der Waals surface area contributed by atoms with Crippen molar-refractivity contribution < 1.29 is 4.39 Å². The summed E-state index contributed by atoms with van der Waals surface area (Å²) in [6.45, 7) is 0. The highest BCUT2D eigenvalue weighted by atomic mass is 35.5. The van der Waals surface area contributed by atoms with Crippen molar-refractivity contribution in [1.29, 1.82) is 5.26 Å². The molecular formula is C15H15ClFN. The summed E-state index contributed by atoms with van der Waals surface area (Å²) in [6, 6.07) is 7.34. The third kappa shape index (κ3) is 1.57. The molecular weight excluding hydrogens is 249 g/mol. The summed E-state index contributed by atoms with van der Waals surface area (Å²) in [5, 5.41) is 9.61. The number of hydrogen-bond donors (Lipinski definition) is 0. The van der Waals surface area contributed by atoms with Gasteiger partial charge in [-0.2, -0.15) is 5.26 Å². The van der Waals surface area contributed by atoms with Crippen LogP contribution in [0.4, 0.5) is 4.39 Å². The lowest BCUT2D eigenvalue weighted by Gasteiger charge is -2.51. The molecule has 2 fully saturated rings. The van der Waals surface area contributed by atoms with Crippen LogP contribution in [0.1, 0.15) is 44.1 Å². The average molecular weight is 264 g/mol. The Bertz CT molecular complexity index is 518. The predicted molar refractivity (Wildman–Crippen MR) is 68.8 cm³/mol. The Balaban J connectivity index is 1.95. The van der Waals surface area contributed by atoms with Crippen LogP contribution < -0.4 is 0 Å². The molecule has 18 heavy (non-hydrogen) atoms. The van der Waals surface area contributed by atoms with E-state index in [1.54, 1.807) is 12.1 Å². The van der Waals surface area contributed by atoms with Crippen LogP contribution >= 0.6 is 11.6 Å². The maximum absolute atomic E-state index is 14.1. The molecule has 0 atom stereocenters. The van der Waals surface area contributed by atoms with Gasteiger partial charge in [0.1, 0.15) is 5.82 Å². The zero-order valence-corrected chi connectivity index (χ0v) is 10.9. The van der Waals surface area contributed by atoms with Gasteiger partial charge < -0.3 is 0 Å². The first-order valence-corrected chi connectivity index (χ1v) is 6.84. The maximum Gasteiger partial charge on any atom is 0.146 e. The molecule has 1 aromatic carbocycles. The van der Waals surface area contributed by atoms with Crippen molar-refractivity contribution in [3.63, 3.8) is 0 Å². The van der Waals surface area contributed by atoms with Gasteiger partial charge in [-0.25, -0.2) is 4.39 Å². The van der Waals surface area contributed by atoms with Crippen LogP contribution in [0, 0.1) is 22.6 Å². The number of nitrogens with zero attached hydrogens (tertiary/aromatic N) is 1. The summed E-state index contributed by atoms with van der Waals surface area (Å²) in [4.78, 5) is 0. The van der Waals surface area contributed by atoms with E-state index >= 15 is 0 Å². The van der Waals surface area contributed by atoms with E-state index in [-0.39, 0.29) is 5.02 Å². The highest BCUT2D eigenvalue weighted by Crippen LogP contribution is 2.63. The minimum Gasteiger partial charge on any atom is -0.205 e. The molecule has 94 valence electrons. The SMILES string of the molecule is N#CC1(c2cccc(Cl)c2F)CC2(CCCC2)C1. The first-order valence-electron chi connectivity index (χ1n) is 6.47. The molecule has 0 saturated heterocycles. The Kier molecular flexibility index (Phi) is 2.64. The number of hydrogen-bond acceptors (Lipinski definition) is 1. The average Bonchev–Trinajstić information content (AvgIpc) is 2.79. The van der Waals surface area contributed by atoms with Gasteiger partial charge in [0.05, 0.1) is 16.5 Å². The normalized spacial score (nSPS) is 23.6.